The van der Waals surface area contributed by atoms with E-state index in [0.717, 1.165) is 23.5 Å². The van der Waals surface area contributed by atoms with E-state index in [0.29, 0.717) is 12.1 Å². The number of carbonyl (C=O) groups excluding carboxylic acids is 1. The summed E-state index contributed by atoms with van der Waals surface area (Å²) in [5.74, 6) is -0.0291. The van der Waals surface area contributed by atoms with Crippen LogP contribution in [-0.4, -0.2) is 41.4 Å². The lowest BCUT2D eigenvalue weighted by atomic mass is 10.1. The molecule has 1 heterocycles. The number of piperidine rings is 1. The molecule has 0 aromatic heterocycles. The molecule has 138 valence electrons. The Kier molecular flexibility index (Phi) is 6.09. The second-order valence-electron chi connectivity index (χ2n) is 6.85. The number of hydrogen-bond acceptors (Lipinski definition) is 3. The average Bonchev–Trinajstić information content (AvgIpc) is 2.68. The zero-order chi connectivity index (χ0) is 18.5. The van der Waals surface area contributed by atoms with E-state index >= 15 is 0 Å². The first-order valence-corrected chi connectivity index (χ1v) is 10.6. The lowest BCUT2D eigenvalue weighted by molar-refractivity contribution is 0.0785. The van der Waals surface area contributed by atoms with Crippen molar-refractivity contribution in [2.45, 2.75) is 30.7 Å². The number of carbonyl (C=O) groups is 1. The highest BCUT2D eigenvalue weighted by molar-refractivity contribution is 7.84. The van der Waals surface area contributed by atoms with Crippen molar-refractivity contribution >= 4 is 22.4 Å². The second kappa shape index (κ2) is 8.49. The van der Waals surface area contributed by atoms with Gasteiger partial charge in [0.15, 0.2) is 0 Å². The van der Waals surface area contributed by atoms with Gasteiger partial charge in [-0.3, -0.25) is 9.00 Å². The maximum absolute atomic E-state index is 12.6. The van der Waals surface area contributed by atoms with E-state index in [1.807, 2.05) is 7.05 Å². The van der Waals surface area contributed by atoms with Crippen LogP contribution < -0.4 is 4.90 Å². The van der Waals surface area contributed by atoms with E-state index in [-0.39, 0.29) is 5.91 Å². The van der Waals surface area contributed by atoms with Crippen LogP contribution in [0.15, 0.2) is 53.4 Å². The number of anilines is 1. The Morgan fingerprint density at radius 2 is 1.62 bits per heavy atom. The van der Waals surface area contributed by atoms with E-state index in [1.54, 1.807) is 35.4 Å². The van der Waals surface area contributed by atoms with Crippen LogP contribution in [0.3, 0.4) is 0 Å². The van der Waals surface area contributed by atoms with E-state index in [1.165, 1.54) is 24.9 Å². The summed E-state index contributed by atoms with van der Waals surface area (Å²) < 4.78 is 11.5. The van der Waals surface area contributed by atoms with E-state index in [4.69, 9.17) is 0 Å². The van der Waals surface area contributed by atoms with Crippen molar-refractivity contribution in [3.63, 3.8) is 0 Å². The molecule has 1 atom stereocenters. The molecule has 1 aliphatic rings. The van der Waals surface area contributed by atoms with Crippen molar-refractivity contribution in [1.29, 1.82) is 0 Å². The molecule has 2 aromatic carbocycles. The standard InChI is InChI=1S/C21H26N2O2S/c1-22(21(24)18-8-12-20(13-9-18)26(2)25)16-17-6-10-19(11-7-17)23-14-4-3-5-15-23/h6-13H,3-5,14-16H2,1-2H3/t26-/m0/s1. The third kappa shape index (κ3) is 4.52. The monoisotopic (exact) mass is 370 g/mol. The summed E-state index contributed by atoms with van der Waals surface area (Å²) in [5, 5.41) is 0. The van der Waals surface area contributed by atoms with Crippen molar-refractivity contribution in [2.75, 3.05) is 31.3 Å². The van der Waals surface area contributed by atoms with Crippen LogP contribution in [0.5, 0.6) is 0 Å². The van der Waals surface area contributed by atoms with Crippen LogP contribution in [0.4, 0.5) is 5.69 Å². The Hall–Kier alpha value is -2.14. The first-order valence-electron chi connectivity index (χ1n) is 9.07. The smallest absolute Gasteiger partial charge is 0.253 e. The van der Waals surface area contributed by atoms with Gasteiger partial charge in [0.2, 0.25) is 0 Å². The van der Waals surface area contributed by atoms with Crippen molar-refractivity contribution in [1.82, 2.24) is 4.90 Å². The Morgan fingerprint density at radius 3 is 2.19 bits per heavy atom. The van der Waals surface area contributed by atoms with Gasteiger partial charge < -0.3 is 9.80 Å². The summed E-state index contributed by atoms with van der Waals surface area (Å²) >= 11 is 0. The molecular formula is C21H26N2O2S. The molecule has 1 fully saturated rings. The third-order valence-corrected chi connectivity index (χ3v) is 5.79. The van der Waals surface area contributed by atoms with Gasteiger partial charge in [0, 0.05) is 59.9 Å². The molecule has 0 N–H and O–H groups in total. The molecule has 0 bridgehead atoms. The van der Waals surface area contributed by atoms with Crippen LogP contribution in [0.25, 0.3) is 0 Å². The molecule has 0 aliphatic carbocycles. The number of hydrogen-bond donors (Lipinski definition) is 0. The second-order valence-corrected chi connectivity index (χ2v) is 8.23. The zero-order valence-electron chi connectivity index (χ0n) is 15.5. The van der Waals surface area contributed by atoms with Crippen LogP contribution >= 0.6 is 0 Å². The highest BCUT2D eigenvalue weighted by Crippen LogP contribution is 2.21. The molecule has 0 unspecified atom stereocenters. The van der Waals surface area contributed by atoms with Crippen molar-refractivity contribution < 1.29 is 9.00 Å². The van der Waals surface area contributed by atoms with Crippen molar-refractivity contribution in [3.05, 3.63) is 59.7 Å². The highest BCUT2D eigenvalue weighted by Gasteiger charge is 2.14. The Morgan fingerprint density at radius 1 is 1.00 bits per heavy atom. The fourth-order valence-corrected chi connectivity index (χ4v) is 3.84. The summed E-state index contributed by atoms with van der Waals surface area (Å²) in [6, 6.07) is 15.5. The maximum atomic E-state index is 12.6. The minimum absolute atomic E-state index is 0.0291. The number of benzene rings is 2. The van der Waals surface area contributed by atoms with Crippen molar-refractivity contribution in [2.24, 2.45) is 0 Å². The molecule has 26 heavy (non-hydrogen) atoms. The van der Waals surface area contributed by atoms with Crippen molar-refractivity contribution in [3.8, 4) is 0 Å². The molecule has 3 rings (SSSR count). The molecular weight excluding hydrogens is 344 g/mol. The normalized spacial score (nSPS) is 15.5. The van der Waals surface area contributed by atoms with Gasteiger partial charge in [0.25, 0.3) is 5.91 Å². The summed E-state index contributed by atoms with van der Waals surface area (Å²) in [6.45, 7) is 2.84. The van der Waals surface area contributed by atoms with Gasteiger partial charge in [-0.25, -0.2) is 0 Å². The molecule has 0 saturated carbocycles. The quantitative estimate of drug-likeness (QED) is 0.806. The lowest BCUT2D eigenvalue weighted by Gasteiger charge is -2.29. The van der Waals surface area contributed by atoms with E-state index < -0.39 is 10.8 Å². The largest absolute Gasteiger partial charge is 0.372 e. The first kappa shape index (κ1) is 18.6. The summed E-state index contributed by atoms with van der Waals surface area (Å²) in [5.41, 5.74) is 3.00. The fraction of sp³-hybridized carbons (Fsp3) is 0.381. The SMILES string of the molecule is CN(Cc1ccc(N2CCCCC2)cc1)C(=O)c1ccc([S@](C)=O)cc1. The van der Waals surface area contributed by atoms with Crippen LogP contribution in [0.1, 0.15) is 35.2 Å². The predicted molar refractivity (Wildman–Crippen MR) is 107 cm³/mol. The van der Waals surface area contributed by atoms with Gasteiger partial charge in [-0.05, 0) is 61.2 Å². The van der Waals surface area contributed by atoms with E-state index in [9.17, 15) is 9.00 Å². The summed E-state index contributed by atoms with van der Waals surface area (Å²) in [7, 11) is 0.786. The van der Waals surface area contributed by atoms with Gasteiger partial charge >= 0.3 is 0 Å². The molecule has 1 saturated heterocycles. The predicted octanol–water partition coefficient (Wildman–Crippen LogP) is 3.69. The number of amides is 1. The molecule has 2 aromatic rings. The van der Waals surface area contributed by atoms with Crippen LogP contribution in [0, 0.1) is 0 Å². The lowest BCUT2D eigenvalue weighted by Crippen LogP contribution is -2.29. The summed E-state index contributed by atoms with van der Waals surface area (Å²) in [6.07, 6.45) is 5.50. The topological polar surface area (TPSA) is 40.6 Å². The highest BCUT2D eigenvalue weighted by atomic mass is 32.2. The van der Waals surface area contributed by atoms with Crippen LogP contribution in [0.2, 0.25) is 0 Å². The molecule has 4 nitrogen and oxygen atoms in total. The Bertz CT molecular complexity index is 766. The Balaban J connectivity index is 1.62. The minimum Gasteiger partial charge on any atom is -0.372 e. The maximum Gasteiger partial charge on any atom is 0.253 e. The molecule has 5 heteroatoms. The number of rotatable bonds is 5. The zero-order valence-corrected chi connectivity index (χ0v) is 16.3. The average molecular weight is 371 g/mol. The molecule has 1 amide bonds. The van der Waals surface area contributed by atoms with E-state index in [2.05, 4.69) is 29.2 Å². The fourth-order valence-electron chi connectivity index (χ4n) is 3.32. The minimum atomic E-state index is -1.03. The molecule has 0 spiro atoms. The Labute approximate surface area is 158 Å². The molecule has 1 aliphatic heterocycles. The van der Waals surface area contributed by atoms with Gasteiger partial charge in [0.1, 0.15) is 0 Å². The van der Waals surface area contributed by atoms with Crippen LogP contribution in [-0.2, 0) is 17.3 Å². The van der Waals surface area contributed by atoms with Gasteiger partial charge in [-0.15, -0.1) is 0 Å². The first-order chi connectivity index (χ1) is 12.5. The number of nitrogens with zero attached hydrogens (tertiary/aromatic N) is 2. The van der Waals surface area contributed by atoms with Gasteiger partial charge in [0.05, 0.1) is 0 Å². The third-order valence-electron chi connectivity index (χ3n) is 4.86. The summed E-state index contributed by atoms with van der Waals surface area (Å²) in [4.78, 5) is 17.5. The van der Waals surface area contributed by atoms with Gasteiger partial charge in [-0.1, -0.05) is 12.1 Å². The van der Waals surface area contributed by atoms with Gasteiger partial charge in [-0.2, -0.15) is 0 Å². The molecule has 0 radical (unpaired) electrons.